The second kappa shape index (κ2) is 5.79. The molecule has 0 radical (unpaired) electrons. The fourth-order valence-corrected chi connectivity index (χ4v) is 1.88. The van der Waals surface area contributed by atoms with E-state index in [-0.39, 0.29) is 10.9 Å². The third kappa shape index (κ3) is 3.18. The van der Waals surface area contributed by atoms with Gasteiger partial charge in [-0.25, -0.2) is 0 Å². The molecule has 2 heterocycles. The van der Waals surface area contributed by atoms with E-state index in [2.05, 4.69) is 15.4 Å². The Balaban J connectivity index is 2.01. The number of rotatable bonds is 4. The average Bonchev–Trinajstić information content (AvgIpc) is 2.74. The highest BCUT2D eigenvalue weighted by Gasteiger charge is 2.09. The molecule has 0 aromatic carbocycles. The maximum atomic E-state index is 12.0. The fourth-order valence-electron chi connectivity index (χ4n) is 1.76. The van der Waals surface area contributed by atoms with Gasteiger partial charge in [0.2, 0.25) is 0 Å². The summed E-state index contributed by atoms with van der Waals surface area (Å²) in [6, 6.07) is 3.28. The molecule has 104 valence electrons. The molecule has 0 unspecified atom stereocenters. The van der Waals surface area contributed by atoms with Crippen molar-refractivity contribution in [2.24, 2.45) is 12.8 Å². The number of carbonyl (C=O) groups excluding carboxylic acids is 1. The number of aromatic nitrogens is 3. The predicted octanol–water partition coefficient (Wildman–Crippen LogP) is 0.688. The maximum absolute atomic E-state index is 12.0. The standard InChI is InChI=1S/C13H15N5OS/c1-8-10(7-18(2)17-8)6-16-13(19)11-4-3-9(5-15-11)12(14)20/h3-5,7H,6H2,1-2H3,(H2,14,20)(H,16,19). The van der Waals surface area contributed by atoms with Crippen molar-refractivity contribution in [1.29, 1.82) is 0 Å². The minimum atomic E-state index is -0.247. The lowest BCUT2D eigenvalue weighted by atomic mass is 10.2. The average molecular weight is 289 g/mol. The molecule has 6 nitrogen and oxygen atoms in total. The number of aryl methyl sites for hydroxylation is 2. The minimum Gasteiger partial charge on any atom is -0.389 e. The second-order valence-electron chi connectivity index (χ2n) is 4.39. The molecule has 20 heavy (non-hydrogen) atoms. The van der Waals surface area contributed by atoms with Gasteiger partial charge in [-0.2, -0.15) is 5.10 Å². The first-order chi connectivity index (χ1) is 9.47. The molecule has 2 aromatic rings. The van der Waals surface area contributed by atoms with Crippen LogP contribution < -0.4 is 11.1 Å². The summed E-state index contributed by atoms with van der Waals surface area (Å²) in [4.78, 5) is 16.3. The van der Waals surface area contributed by atoms with Gasteiger partial charge in [-0.15, -0.1) is 0 Å². The van der Waals surface area contributed by atoms with Crippen LogP contribution in [0.5, 0.6) is 0 Å². The lowest BCUT2D eigenvalue weighted by Gasteiger charge is -2.04. The van der Waals surface area contributed by atoms with Gasteiger partial charge in [0.15, 0.2) is 0 Å². The molecule has 2 aromatic heterocycles. The van der Waals surface area contributed by atoms with Crippen molar-refractivity contribution in [1.82, 2.24) is 20.1 Å². The molecule has 0 atom stereocenters. The van der Waals surface area contributed by atoms with Gasteiger partial charge in [-0.05, 0) is 19.1 Å². The van der Waals surface area contributed by atoms with E-state index in [0.717, 1.165) is 11.3 Å². The first kappa shape index (κ1) is 14.1. The predicted molar refractivity (Wildman–Crippen MR) is 79.2 cm³/mol. The summed E-state index contributed by atoms with van der Waals surface area (Å²) in [6.45, 7) is 2.31. The zero-order valence-electron chi connectivity index (χ0n) is 11.3. The van der Waals surface area contributed by atoms with Gasteiger partial charge in [-0.1, -0.05) is 12.2 Å². The Hall–Kier alpha value is -2.28. The van der Waals surface area contributed by atoms with Crippen molar-refractivity contribution >= 4 is 23.1 Å². The van der Waals surface area contributed by atoms with Gasteiger partial charge in [-0.3, -0.25) is 14.5 Å². The van der Waals surface area contributed by atoms with Crippen LogP contribution in [0.25, 0.3) is 0 Å². The molecule has 2 rings (SSSR count). The molecular weight excluding hydrogens is 274 g/mol. The SMILES string of the molecule is Cc1nn(C)cc1CNC(=O)c1ccc(C(N)=S)cn1. The largest absolute Gasteiger partial charge is 0.389 e. The number of pyridine rings is 1. The summed E-state index contributed by atoms with van der Waals surface area (Å²) < 4.78 is 1.71. The van der Waals surface area contributed by atoms with Crippen LogP contribution in [0.4, 0.5) is 0 Å². The number of nitrogens with two attached hydrogens (primary N) is 1. The van der Waals surface area contributed by atoms with Crippen molar-refractivity contribution < 1.29 is 4.79 Å². The van der Waals surface area contributed by atoms with E-state index in [1.807, 2.05) is 20.2 Å². The van der Waals surface area contributed by atoms with E-state index in [9.17, 15) is 4.79 Å². The molecular formula is C13H15N5OS. The molecule has 0 bridgehead atoms. The number of amides is 1. The zero-order valence-corrected chi connectivity index (χ0v) is 12.1. The third-order valence-corrected chi connectivity index (χ3v) is 3.07. The molecule has 0 fully saturated rings. The second-order valence-corrected chi connectivity index (χ2v) is 4.83. The minimum absolute atomic E-state index is 0.247. The van der Waals surface area contributed by atoms with Gasteiger partial charge in [0.1, 0.15) is 10.7 Å². The lowest BCUT2D eigenvalue weighted by molar-refractivity contribution is 0.0946. The summed E-state index contributed by atoms with van der Waals surface area (Å²) in [6.07, 6.45) is 3.37. The quantitative estimate of drug-likeness (QED) is 0.809. The fraction of sp³-hybridized carbons (Fsp3) is 0.231. The van der Waals surface area contributed by atoms with E-state index >= 15 is 0 Å². The first-order valence-corrected chi connectivity index (χ1v) is 6.41. The van der Waals surface area contributed by atoms with Gasteiger partial charge >= 0.3 is 0 Å². The van der Waals surface area contributed by atoms with Gasteiger partial charge in [0.25, 0.3) is 5.91 Å². The number of nitrogens with one attached hydrogen (secondary N) is 1. The van der Waals surface area contributed by atoms with Gasteiger partial charge in [0, 0.05) is 37.1 Å². The number of hydrogen-bond acceptors (Lipinski definition) is 4. The summed E-state index contributed by atoms with van der Waals surface area (Å²) in [7, 11) is 1.84. The Kier molecular flexibility index (Phi) is 4.09. The van der Waals surface area contributed by atoms with Crippen LogP contribution in [0.1, 0.15) is 27.3 Å². The third-order valence-electron chi connectivity index (χ3n) is 2.84. The van der Waals surface area contributed by atoms with Gasteiger partial charge < -0.3 is 11.1 Å². The summed E-state index contributed by atoms with van der Waals surface area (Å²) in [5.41, 5.74) is 8.31. The molecule has 0 saturated carbocycles. The Morgan fingerprint density at radius 1 is 1.50 bits per heavy atom. The van der Waals surface area contributed by atoms with E-state index in [4.69, 9.17) is 18.0 Å². The van der Waals surface area contributed by atoms with Crippen LogP contribution in [-0.2, 0) is 13.6 Å². The van der Waals surface area contributed by atoms with Crippen LogP contribution in [0, 0.1) is 6.92 Å². The van der Waals surface area contributed by atoms with Crippen molar-refractivity contribution in [2.75, 3.05) is 0 Å². The molecule has 0 aliphatic rings. The van der Waals surface area contributed by atoms with Crippen molar-refractivity contribution in [3.63, 3.8) is 0 Å². The number of thiocarbonyl (C=S) groups is 1. The highest BCUT2D eigenvalue weighted by atomic mass is 32.1. The van der Waals surface area contributed by atoms with E-state index in [1.54, 1.807) is 16.8 Å². The number of carbonyl (C=O) groups is 1. The Bertz CT molecular complexity index is 647. The van der Waals surface area contributed by atoms with Crippen LogP contribution in [0.15, 0.2) is 24.5 Å². The van der Waals surface area contributed by atoms with Gasteiger partial charge in [0.05, 0.1) is 5.69 Å². The van der Waals surface area contributed by atoms with Crippen LogP contribution >= 0.6 is 12.2 Å². The Morgan fingerprint density at radius 3 is 2.75 bits per heavy atom. The Morgan fingerprint density at radius 2 is 2.25 bits per heavy atom. The molecule has 1 amide bonds. The van der Waals surface area contributed by atoms with E-state index in [1.165, 1.54) is 6.20 Å². The lowest BCUT2D eigenvalue weighted by Crippen LogP contribution is -2.24. The van der Waals surface area contributed by atoms with E-state index < -0.39 is 0 Å². The molecule has 3 N–H and O–H groups in total. The highest BCUT2D eigenvalue weighted by Crippen LogP contribution is 2.05. The smallest absolute Gasteiger partial charge is 0.270 e. The first-order valence-electron chi connectivity index (χ1n) is 6.00. The normalized spacial score (nSPS) is 10.3. The van der Waals surface area contributed by atoms with Crippen LogP contribution in [0.3, 0.4) is 0 Å². The summed E-state index contributed by atoms with van der Waals surface area (Å²) >= 11 is 4.83. The van der Waals surface area contributed by atoms with E-state index in [0.29, 0.717) is 17.8 Å². The van der Waals surface area contributed by atoms with Crippen molar-refractivity contribution in [2.45, 2.75) is 13.5 Å². The monoisotopic (exact) mass is 289 g/mol. The van der Waals surface area contributed by atoms with Crippen molar-refractivity contribution in [3.8, 4) is 0 Å². The molecule has 0 aliphatic heterocycles. The zero-order chi connectivity index (χ0) is 14.7. The molecule has 0 spiro atoms. The maximum Gasteiger partial charge on any atom is 0.270 e. The topological polar surface area (TPSA) is 85.8 Å². The Labute approximate surface area is 122 Å². The molecule has 7 heteroatoms. The van der Waals surface area contributed by atoms with Crippen molar-refractivity contribution in [3.05, 3.63) is 47.0 Å². The summed E-state index contributed by atoms with van der Waals surface area (Å²) in [5, 5.41) is 7.01. The molecule has 0 saturated heterocycles. The highest BCUT2D eigenvalue weighted by molar-refractivity contribution is 7.80. The summed E-state index contributed by atoms with van der Waals surface area (Å²) in [5.74, 6) is -0.247. The number of nitrogens with zero attached hydrogens (tertiary/aromatic N) is 3. The van der Waals surface area contributed by atoms with Crippen LogP contribution in [0.2, 0.25) is 0 Å². The molecule has 0 aliphatic carbocycles. The number of hydrogen-bond donors (Lipinski definition) is 2. The van der Waals surface area contributed by atoms with Crippen LogP contribution in [-0.4, -0.2) is 25.7 Å².